The molecule has 0 aliphatic rings. The molecule has 4 nitrogen and oxygen atoms in total. The van der Waals surface area contributed by atoms with Crippen LogP contribution in [0.1, 0.15) is 11.5 Å². The normalized spacial score (nSPS) is 11.6. The second kappa shape index (κ2) is 4.06. The number of nitrogens with two attached hydrogens (primary N) is 1. The maximum Gasteiger partial charge on any atom is 0.250 e. The molecule has 0 atom stereocenters. The Bertz CT molecular complexity index is 334. The number of halogens is 3. The van der Waals surface area contributed by atoms with Crippen molar-refractivity contribution in [3.63, 3.8) is 0 Å². The van der Waals surface area contributed by atoms with Crippen LogP contribution >= 0.6 is 34.8 Å². The lowest BCUT2D eigenvalue weighted by Crippen LogP contribution is -2.27. The van der Waals surface area contributed by atoms with E-state index in [2.05, 4.69) is 9.97 Å². The van der Waals surface area contributed by atoms with Crippen molar-refractivity contribution in [2.75, 3.05) is 12.1 Å². The fourth-order valence-electron chi connectivity index (χ4n) is 0.859. The average Bonchev–Trinajstić information content (AvgIpc) is 2.01. The largest absolute Gasteiger partial charge is 0.298 e. The minimum absolute atomic E-state index is 0.120. The van der Waals surface area contributed by atoms with Crippen LogP contribution in [-0.4, -0.2) is 17.0 Å². The van der Waals surface area contributed by atoms with Gasteiger partial charge in [0.1, 0.15) is 5.82 Å². The zero-order valence-corrected chi connectivity index (χ0v) is 9.90. The van der Waals surface area contributed by atoms with Crippen LogP contribution in [0.15, 0.2) is 6.07 Å². The van der Waals surface area contributed by atoms with E-state index < -0.39 is 3.79 Å². The molecule has 0 saturated heterocycles. The average molecular weight is 256 g/mol. The van der Waals surface area contributed by atoms with Gasteiger partial charge in [-0.3, -0.25) is 5.01 Å². The Morgan fingerprint density at radius 1 is 1.36 bits per heavy atom. The molecule has 1 rings (SSSR count). The Balaban J connectivity index is 3.21. The summed E-state index contributed by atoms with van der Waals surface area (Å²) >= 11 is 17.0. The van der Waals surface area contributed by atoms with Crippen molar-refractivity contribution in [1.82, 2.24) is 9.97 Å². The third-order valence-electron chi connectivity index (χ3n) is 1.46. The predicted molar refractivity (Wildman–Crippen MR) is 58.6 cm³/mol. The van der Waals surface area contributed by atoms with Crippen LogP contribution in [-0.2, 0) is 3.79 Å². The van der Waals surface area contributed by atoms with Gasteiger partial charge in [-0.25, -0.2) is 15.8 Å². The van der Waals surface area contributed by atoms with Crippen molar-refractivity contribution in [1.29, 1.82) is 0 Å². The smallest absolute Gasteiger partial charge is 0.250 e. The zero-order chi connectivity index (χ0) is 10.9. The maximum atomic E-state index is 5.65. The van der Waals surface area contributed by atoms with Crippen LogP contribution in [0.25, 0.3) is 0 Å². The molecule has 0 bridgehead atoms. The highest BCUT2D eigenvalue weighted by Crippen LogP contribution is 2.36. The fraction of sp³-hybridized carbons (Fsp3) is 0.429. The number of aromatic nitrogens is 2. The van der Waals surface area contributed by atoms with Gasteiger partial charge >= 0.3 is 0 Å². The number of hydrazine groups is 1. The molecule has 0 aromatic carbocycles. The quantitative estimate of drug-likeness (QED) is 0.473. The molecule has 1 aromatic heterocycles. The minimum Gasteiger partial charge on any atom is -0.298 e. The van der Waals surface area contributed by atoms with Crippen molar-refractivity contribution in [3.05, 3.63) is 17.6 Å². The molecule has 0 unspecified atom stereocenters. The molecule has 2 N–H and O–H groups in total. The van der Waals surface area contributed by atoms with Crippen molar-refractivity contribution in [2.24, 2.45) is 5.84 Å². The number of nitrogens with zero attached hydrogens (tertiary/aromatic N) is 3. The maximum absolute atomic E-state index is 5.65. The monoisotopic (exact) mass is 254 g/mol. The summed E-state index contributed by atoms with van der Waals surface area (Å²) in [7, 11) is 1.64. The Kier molecular flexibility index (Phi) is 3.42. The van der Waals surface area contributed by atoms with E-state index in [9.17, 15) is 0 Å². The molecule has 0 aliphatic carbocycles. The molecule has 0 fully saturated rings. The van der Waals surface area contributed by atoms with E-state index in [0.717, 1.165) is 0 Å². The highest BCUT2D eigenvalue weighted by atomic mass is 35.6. The summed E-state index contributed by atoms with van der Waals surface area (Å²) in [6.45, 7) is 1.77. The molecule has 14 heavy (non-hydrogen) atoms. The Morgan fingerprint density at radius 2 is 1.93 bits per heavy atom. The van der Waals surface area contributed by atoms with Gasteiger partial charge in [0.25, 0.3) is 0 Å². The second-order valence-electron chi connectivity index (χ2n) is 2.80. The molecular weight excluding hydrogens is 246 g/mol. The molecule has 7 heteroatoms. The van der Waals surface area contributed by atoms with E-state index >= 15 is 0 Å². The number of hydrogen-bond acceptors (Lipinski definition) is 4. The van der Waals surface area contributed by atoms with Gasteiger partial charge in [0.2, 0.25) is 3.79 Å². The third kappa shape index (κ3) is 2.85. The summed E-state index contributed by atoms with van der Waals surface area (Å²) in [6, 6.07) is 1.69. The predicted octanol–water partition coefficient (Wildman–Crippen LogP) is 1.92. The summed E-state index contributed by atoms with van der Waals surface area (Å²) in [4.78, 5) is 8.00. The topological polar surface area (TPSA) is 55.0 Å². The summed E-state index contributed by atoms with van der Waals surface area (Å²) < 4.78 is -1.63. The highest BCUT2D eigenvalue weighted by Gasteiger charge is 2.27. The number of hydrogen-bond donors (Lipinski definition) is 1. The molecule has 0 radical (unpaired) electrons. The Hall–Kier alpha value is -0.290. The van der Waals surface area contributed by atoms with Gasteiger partial charge in [-0.05, 0) is 6.92 Å². The van der Waals surface area contributed by atoms with E-state index in [1.165, 1.54) is 5.01 Å². The van der Waals surface area contributed by atoms with Crippen LogP contribution in [0.5, 0.6) is 0 Å². The molecule has 78 valence electrons. The first-order valence-corrected chi connectivity index (χ1v) is 4.85. The number of rotatable bonds is 1. The molecule has 1 aromatic rings. The van der Waals surface area contributed by atoms with Crippen molar-refractivity contribution in [2.45, 2.75) is 10.7 Å². The summed E-state index contributed by atoms with van der Waals surface area (Å²) in [5.41, 5.74) is 0.689. The van der Waals surface area contributed by atoms with Crippen molar-refractivity contribution < 1.29 is 0 Å². The summed E-state index contributed by atoms with van der Waals surface area (Å²) in [5, 5.41) is 1.33. The van der Waals surface area contributed by atoms with E-state index in [1.54, 1.807) is 20.0 Å². The lowest BCUT2D eigenvalue weighted by atomic mass is 10.4. The zero-order valence-electron chi connectivity index (χ0n) is 7.63. The number of alkyl halides is 3. The van der Waals surface area contributed by atoms with Gasteiger partial charge in [-0.1, -0.05) is 34.8 Å². The van der Waals surface area contributed by atoms with E-state index in [0.29, 0.717) is 11.5 Å². The first-order valence-electron chi connectivity index (χ1n) is 3.72. The van der Waals surface area contributed by atoms with Crippen LogP contribution in [0.3, 0.4) is 0 Å². The van der Waals surface area contributed by atoms with Gasteiger partial charge in [-0.15, -0.1) is 0 Å². The molecule has 1 heterocycles. The van der Waals surface area contributed by atoms with Crippen molar-refractivity contribution in [3.8, 4) is 0 Å². The molecule has 0 aliphatic heterocycles. The highest BCUT2D eigenvalue weighted by molar-refractivity contribution is 6.66. The van der Waals surface area contributed by atoms with Crippen molar-refractivity contribution >= 4 is 40.6 Å². The SMILES string of the molecule is Cc1cc(N(C)N)nc(C(Cl)(Cl)Cl)n1. The van der Waals surface area contributed by atoms with Crippen LogP contribution in [0, 0.1) is 6.92 Å². The third-order valence-corrected chi connectivity index (χ3v) is 1.96. The molecular formula is C7H9Cl3N4. The number of aryl methyl sites for hydroxylation is 1. The fourth-order valence-corrected chi connectivity index (χ4v) is 1.11. The van der Waals surface area contributed by atoms with E-state index in [1.807, 2.05) is 0 Å². The minimum atomic E-state index is -1.63. The van der Waals surface area contributed by atoms with Gasteiger partial charge in [0, 0.05) is 18.8 Å². The standard InChI is InChI=1S/C7H9Cl3N4/c1-4-3-5(14(2)11)13-6(12-4)7(8,9)10/h3H,11H2,1-2H3. The van der Waals surface area contributed by atoms with E-state index in [-0.39, 0.29) is 5.82 Å². The Morgan fingerprint density at radius 3 is 2.36 bits per heavy atom. The molecule has 0 amide bonds. The lowest BCUT2D eigenvalue weighted by Gasteiger charge is -2.15. The summed E-state index contributed by atoms with van der Waals surface area (Å²) in [5.74, 6) is 6.13. The first kappa shape index (κ1) is 11.8. The van der Waals surface area contributed by atoms with Gasteiger partial charge in [0.05, 0.1) is 0 Å². The van der Waals surface area contributed by atoms with Crippen LogP contribution < -0.4 is 10.9 Å². The first-order chi connectivity index (χ1) is 6.30. The van der Waals surface area contributed by atoms with Gasteiger partial charge < -0.3 is 0 Å². The summed E-state index contributed by atoms with van der Waals surface area (Å²) in [6.07, 6.45) is 0. The molecule has 0 saturated carbocycles. The van der Waals surface area contributed by atoms with Crippen LogP contribution in [0.2, 0.25) is 0 Å². The van der Waals surface area contributed by atoms with Crippen LogP contribution in [0.4, 0.5) is 5.82 Å². The van der Waals surface area contributed by atoms with Gasteiger partial charge in [0.15, 0.2) is 5.82 Å². The lowest BCUT2D eigenvalue weighted by molar-refractivity contribution is 0.891. The van der Waals surface area contributed by atoms with Gasteiger partial charge in [-0.2, -0.15) is 0 Å². The second-order valence-corrected chi connectivity index (χ2v) is 5.08. The number of anilines is 1. The molecule has 0 spiro atoms. The Labute approximate surface area is 96.9 Å². The van der Waals surface area contributed by atoms with E-state index in [4.69, 9.17) is 40.6 Å².